The third-order valence-corrected chi connectivity index (χ3v) is 12.5. The van der Waals surface area contributed by atoms with Gasteiger partial charge in [-0.15, -0.1) is 11.3 Å². The van der Waals surface area contributed by atoms with Gasteiger partial charge in [-0.3, -0.25) is 0 Å². The van der Waals surface area contributed by atoms with Crippen molar-refractivity contribution in [3.05, 3.63) is 199 Å². The van der Waals surface area contributed by atoms with Crippen LogP contribution in [0.5, 0.6) is 0 Å². The van der Waals surface area contributed by atoms with Gasteiger partial charge < -0.3 is 4.57 Å². The minimum Gasteiger partial charge on any atom is -0.308 e. The molecule has 0 bridgehead atoms. The molecule has 0 aliphatic rings. The molecule has 0 saturated carbocycles. The van der Waals surface area contributed by atoms with Crippen LogP contribution in [0, 0.1) is 22.7 Å². The Kier molecular flexibility index (Phi) is 8.37. The number of fused-ring (bicyclic) bond motifs is 7. The fourth-order valence-electron chi connectivity index (χ4n) is 8.61. The largest absolute Gasteiger partial charge is 0.308 e. The van der Waals surface area contributed by atoms with Gasteiger partial charge in [0, 0.05) is 69.9 Å². The molecule has 5 nitrogen and oxygen atoms in total. The molecule has 11 aromatic rings. The molecule has 0 unspecified atom stereocenters. The van der Waals surface area contributed by atoms with Crippen LogP contribution in [0.2, 0.25) is 0 Å². The van der Waals surface area contributed by atoms with Gasteiger partial charge in [0.1, 0.15) is 0 Å². The molecule has 11 rings (SSSR count). The first-order valence-corrected chi connectivity index (χ1v) is 20.5. The second kappa shape index (κ2) is 14.3. The Morgan fingerprint density at radius 2 is 0.967 bits per heavy atom. The van der Waals surface area contributed by atoms with Crippen LogP contribution in [-0.2, 0) is 0 Å². The highest BCUT2D eigenvalue weighted by atomic mass is 32.1. The number of hydrogen-bond acceptors (Lipinski definition) is 5. The maximum absolute atomic E-state index is 10.7. The highest BCUT2D eigenvalue weighted by Gasteiger charge is 2.26. The lowest BCUT2D eigenvalue weighted by Gasteiger charge is -2.22. The molecule has 0 fully saturated rings. The lowest BCUT2D eigenvalue weighted by atomic mass is 9.89. The summed E-state index contributed by atoms with van der Waals surface area (Å²) in [5.41, 5.74) is 11.4. The summed E-state index contributed by atoms with van der Waals surface area (Å²) >= 11 is 1.81. The van der Waals surface area contributed by atoms with E-state index >= 15 is 0 Å². The van der Waals surface area contributed by atoms with Crippen molar-refractivity contribution in [3.63, 3.8) is 0 Å². The fourth-order valence-corrected chi connectivity index (χ4v) is 9.87. The Bertz CT molecular complexity index is 3430. The van der Waals surface area contributed by atoms with E-state index in [0.717, 1.165) is 72.4 Å². The molecule has 0 aliphatic heterocycles. The average Bonchev–Trinajstić information content (AvgIpc) is 3.87. The van der Waals surface area contributed by atoms with Crippen molar-refractivity contribution >= 4 is 53.3 Å². The molecule has 0 saturated heterocycles. The molecule has 0 spiro atoms. The SMILES string of the molecule is N#Cc1ccccc1-c1cc(-c2nc(-c3ccccc3)cc(-c3ccccc3)n2)cc(-c2ccccc2C#N)c1-n1c2ccccc2c2c3sc4ccccc4c3ccc21. The summed E-state index contributed by atoms with van der Waals surface area (Å²) in [4.78, 5) is 10.5. The van der Waals surface area contributed by atoms with Crippen molar-refractivity contribution in [2.24, 2.45) is 0 Å². The van der Waals surface area contributed by atoms with Gasteiger partial charge >= 0.3 is 0 Å². The standard InChI is InChI=1S/C54H31N5S/c55-32-36-19-7-9-21-39(36)44-29-38(54-57-46(34-15-3-1-4-16-34)31-47(58-54)35-17-5-2-6-18-35)30-45(40-22-10-8-20-37(40)33-56)52(44)59-48-25-13-11-24-43(48)51-49(59)28-27-42-41-23-12-14-26-50(41)60-53(42)51/h1-31H. The number of para-hydroxylation sites is 1. The van der Waals surface area contributed by atoms with Crippen molar-refractivity contribution in [3.8, 4) is 74.0 Å². The van der Waals surface area contributed by atoms with Crippen LogP contribution in [0.4, 0.5) is 0 Å². The Hall–Kier alpha value is -8.16. The second-order valence-electron chi connectivity index (χ2n) is 14.7. The van der Waals surface area contributed by atoms with Crippen LogP contribution in [0.3, 0.4) is 0 Å². The molecule has 0 amide bonds. The van der Waals surface area contributed by atoms with Gasteiger partial charge in [0.25, 0.3) is 0 Å². The lowest BCUT2D eigenvalue weighted by Crippen LogP contribution is -2.04. The highest BCUT2D eigenvalue weighted by Crippen LogP contribution is 2.48. The molecule has 3 heterocycles. The first-order chi connectivity index (χ1) is 29.7. The molecular weight excluding hydrogens is 751 g/mol. The maximum Gasteiger partial charge on any atom is 0.160 e. The van der Waals surface area contributed by atoms with E-state index in [-0.39, 0.29) is 0 Å². The van der Waals surface area contributed by atoms with Crippen LogP contribution in [0.15, 0.2) is 188 Å². The average molecular weight is 782 g/mol. The predicted octanol–water partition coefficient (Wildman–Crippen LogP) is 14.0. The van der Waals surface area contributed by atoms with Crippen LogP contribution in [-0.4, -0.2) is 14.5 Å². The molecule has 0 aliphatic carbocycles. The summed E-state index contributed by atoms with van der Waals surface area (Å²) in [6.07, 6.45) is 0. The van der Waals surface area contributed by atoms with Crippen molar-refractivity contribution in [2.75, 3.05) is 0 Å². The summed E-state index contributed by atoms with van der Waals surface area (Å²) in [6.45, 7) is 0. The molecule has 0 radical (unpaired) electrons. The molecular formula is C54H31N5S. The minimum atomic E-state index is 0.530. The number of aromatic nitrogens is 3. The Balaban J connectivity index is 1.31. The molecule has 0 N–H and O–H groups in total. The van der Waals surface area contributed by atoms with Crippen molar-refractivity contribution in [1.82, 2.24) is 14.5 Å². The van der Waals surface area contributed by atoms with Gasteiger partial charge in [0.15, 0.2) is 5.82 Å². The minimum absolute atomic E-state index is 0.530. The first kappa shape index (κ1) is 35.0. The summed E-state index contributed by atoms with van der Waals surface area (Å²) in [6, 6.07) is 68.6. The highest BCUT2D eigenvalue weighted by molar-refractivity contribution is 7.26. The van der Waals surface area contributed by atoms with E-state index in [2.05, 4.69) is 114 Å². The van der Waals surface area contributed by atoms with Gasteiger partial charge in [0.05, 0.1) is 51.4 Å². The second-order valence-corrected chi connectivity index (χ2v) is 15.8. The summed E-state index contributed by atoms with van der Waals surface area (Å²) in [5, 5.41) is 26.1. The van der Waals surface area contributed by atoms with E-state index in [4.69, 9.17) is 9.97 Å². The van der Waals surface area contributed by atoms with E-state index in [1.165, 1.54) is 25.6 Å². The Morgan fingerprint density at radius 3 is 1.58 bits per heavy atom. The van der Waals surface area contributed by atoms with Crippen molar-refractivity contribution in [1.29, 1.82) is 10.5 Å². The number of benzene rings is 8. The summed E-state index contributed by atoms with van der Waals surface area (Å²) in [5.74, 6) is 0.530. The molecule has 278 valence electrons. The number of nitriles is 2. The van der Waals surface area contributed by atoms with Crippen LogP contribution < -0.4 is 0 Å². The zero-order valence-electron chi connectivity index (χ0n) is 32.0. The van der Waals surface area contributed by atoms with Gasteiger partial charge in [-0.05, 0) is 48.5 Å². The van der Waals surface area contributed by atoms with Crippen LogP contribution in [0.1, 0.15) is 11.1 Å². The Labute approximate surface area is 350 Å². The van der Waals surface area contributed by atoms with E-state index in [1.54, 1.807) is 0 Å². The normalized spacial score (nSPS) is 11.3. The van der Waals surface area contributed by atoms with Crippen LogP contribution in [0.25, 0.3) is 104 Å². The van der Waals surface area contributed by atoms with E-state index in [1.807, 2.05) is 102 Å². The zero-order valence-corrected chi connectivity index (χ0v) is 32.9. The predicted molar refractivity (Wildman–Crippen MR) is 246 cm³/mol. The summed E-state index contributed by atoms with van der Waals surface area (Å²) in [7, 11) is 0. The van der Waals surface area contributed by atoms with Crippen molar-refractivity contribution in [2.45, 2.75) is 0 Å². The van der Waals surface area contributed by atoms with Gasteiger partial charge in [-0.1, -0.05) is 140 Å². The molecule has 6 heteroatoms. The smallest absolute Gasteiger partial charge is 0.160 e. The monoisotopic (exact) mass is 781 g/mol. The number of hydrogen-bond donors (Lipinski definition) is 0. The topological polar surface area (TPSA) is 78.3 Å². The third kappa shape index (κ3) is 5.67. The van der Waals surface area contributed by atoms with Gasteiger partial charge in [-0.2, -0.15) is 10.5 Å². The number of thiophene rings is 1. The molecule has 60 heavy (non-hydrogen) atoms. The first-order valence-electron chi connectivity index (χ1n) is 19.7. The fraction of sp³-hybridized carbons (Fsp3) is 0. The Morgan fingerprint density at radius 1 is 0.433 bits per heavy atom. The molecule has 8 aromatic carbocycles. The third-order valence-electron chi connectivity index (χ3n) is 11.3. The van der Waals surface area contributed by atoms with Crippen molar-refractivity contribution < 1.29 is 0 Å². The lowest BCUT2D eigenvalue weighted by molar-refractivity contribution is 1.16. The quantitative estimate of drug-likeness (QED) is 0.168. The van der Waals surface area contributed by atoms with E-state index in [0.29, 0.717) is 17.0 Å². The zero-order chi connectivity index (χ0) is 40.2. The van der Waals surface area contributed by atoms with Crippen LogP contribution >= 0.6 is 11.3 Å². The molecule has 3 aromatic heterocycles. The molecule has 0 atom stereocenters. The maximum atomic E-state index is 10.7. The number of nitrogens with zero attached hydrogens (tertiary/aromatic N) is 5. The van der Waals surface area contributed by atoms with Gasteiger partial charge in [0.2, 0.25) is 0 Å². The van der Waals surface area contributed by atoms with E-state index < -0.39 is 0 Å². The van der Waals surface area contributed by atoms with E-state index in [9.17, 15) is 10.5 Å². The number of rotatable bonds is 6. The summed E-state index contributed by atoms with van der Waals surface area (Å²) < 4.78 is 4.79. The van der Waals surface area contributed by atoms with Gasteiger partial charge in [-0.25, -0.2) is 9.97 Å².